The molecule has 0 radical (unpaired) electrons. The van der Waals surface area contributed by atoms with Crippen molar-refractivity contribution in [2.45, 2.75) is 77.7 Å². The highest BCUT2D eigenvalue weighted by Gasteiger charge is 2.57. The summed E-state index contributed by atoms with van der Waals surface area (Å²) in [6.07, 6.45) is 11.5. The maximum atomic E-state index is 6.06. The van der Waals surface area contributed by atoms with Gasteiger partial charge in [-0.05, 0) is 98.3 Å². The van der Waals surface area contributed by atoms with E-state index < -0.39 is 0 Å². The number of fused-ring (bicyclic) bond motifs is 2. The Bertz CT molecular complexity index is 526. The van der Waals surface area contributed by atoms with Crippen molar-refractivity contribution in [3.05, 3.63) is 0 Å². The molecule has 6 bridgehead atoms. The molecule has 0 aromatic carbocycles. The summed E-state index contributed by atoms with van der Waals surface area (Å²) in [6.45, 7) is 11.8. The molecule has 142 valence electrons. The molecule has 5 saturated carbocycles. The normalized spacial score (nSPS) is 53.5. The first-order valence-corrected chi connectivity index (χ1v) is 11.1. The summed E-state index contributed by atoms with van der Waals surface area (Å²) in [5, 5.41) is 0. The van der Waals surface area contributed by atoms with E-state index in [4.69, 9.17) is 4.74 Å². The summed E-state index contributed by atoms with van der Waals surface area (Å²) in [4.78, 5) is 2.86. The number of likely N-dealkylation sites (tertiary alicyclic amines) is 1. The SMILES string of the molecule is COC12CC3CC(C1)C(CCN1C[C@H]4CC[C@@](C)(C1)C4(C)C)C(C3)C2. The van der Waals surface area contributed by atoms with Crippen LogP contribution < -0.4 is 0 Å². The van der Waals surface area contributed by atoms with Gasteiger partial charge in [-0.2, -0.15) is 0 Å². The van der Waals surface area contributed by atoms with Crippen molar-refractivity contribution in [3.63, 3.8) is 0 Å². The summed E-state index contributed by atoms with van der Waals surface area (Å²) >= 11 is 0. The largest absolute Gasteiger partial charge is 0.378 e. The Morgan fingerprint density at radius 3 is 2.40 bits per heavy atom. The zero-order valence-electron chi connectivity index (χ0n) is 17.0. The van der Waals surface area contributed by atoms with Crippen molar-refractivity contribution in [2.75, 3.05) is 26.7 Å². The van der Waals surface area contributed by atoms with E-state index in [1.54, 1.807) is 0 Å². The molecule has 6 aliphatic rings. The summed E-state index contributed by atoms with van der Waals surface area (Å²) < 4.78 is 6.06. The summed E-state index contributed by atoms with van der Waals surface area (Å²) in [7, 11) is 1.98. The van der Waals surface area contributed by atoms with E-state index in [1.807, 2.05) is 7.11 Å². The van der Waals surface area contributed by atoms with Crippen LogP contribution in [0, 0.1) is 40.4 Å². The predicted molar refractivity (Wildman–Crippen MR) is 102 cm³/mol. The Morgan fingerprint density at radius 1 is 1.04 bits per heavy atom. The number of piperidine rings is 1. The zero-order chi connectivity index (χ0) is 17.4. The molecule has 1 aliphatic heterocycles. The van der Waals surface area contributed by atoms with Gasteiger partial charge in [0.1, 0.15) is 0 Å². The average molecular weight is 346 g/mol. The van der Waals surface area contributed by atoms with Gasteiger partial charge in [-0.25, -0.2) is 0 Å². The molecule has 6 fully saturated rings. The van der Waals surface area contributed by atoms with Crippen molar-refractivity contribution in [1.29, 1.82) is 0 Å². The van der Waals surface area contributed by atoms with E-state index >= 15 is 0 Å². The van der Waals surface area contributed by atoms with Gasteiger partial charge in [0, 0.05) is 20.2 Å². The third-order valence-corrected chi connectivity index (χ3v) is 10.3. The third kappa shape index (κ3) is 2.42. The lowest BCUT2D eigenvalue weighted by molar-refractivity contribution is -0.171. The zero-order valence-corrected chi connectivity index (χ0v) is 17.0. The van der Waals surface area contributed by atoms with Crippen LogP contribution in [-0.4, -0.2) is 37.2 Å². The van der Waals surface area contributed by atoms with Crippen LogP contribution in [0.4, 0.5) is 0 Å². The van der Waals surface area contributed by atoms with Gasteiger partial charge in [0.25, 0.3) is 0 Å². The fourth-order valence-electron chi connectivity index (χ4n) is 8.42. The van der Waals surface area contributed by atoms with Crippen LogP contribution in [0.15, 0.2) is 0 Å². The number of ether oxygens (including phenoxy) is 1. The van der Waals surface area contributed by atoms with E-state index in [0.29, 0.717) is 10.8 Å². The Labute approximate surface area is 155 Å². The Balaban J connectivity index is 1.23. The maximum absolute atomic E-state index is 6.06. The second-order valence-corrected chi connectivity index (χ2v) is 11.6. The van der Waals surface area contributed by atoms with E-state index in [2.05, 4.69) is 25.7 Å². The Kier molecular flexibility index (Phi) is 3.73. The van der Waals surface area contributed by atoms with Gasteiger partial charge >= 0.3 is 0 Å². The number of hydrogen-bond acceptors (Lipinski definition) is 2. The van der Waals surface area contributed by atoms with Crippen LogP contribution in [-0.2, 0) is 4.74 Å². The van der Waals surface area contributed by atoms with Crippen LogP contribution in [0.3, 0.4) is 0 Å². The number of hydrogen-bond donors (Lipinski definition) is 0. The minimum Gasteiger partial charge on any atom is -0.378 e. The number of rotatable bonds is 4. The van der Waals surface area contributed by atoms with E-state index in [-0.39, 0.29) is 5.60 Å². The molecule has 4 atom stereocenters. The monoisotopic (exact) mass is 345 g/mol. The molecule has 0 N–H and O–H groups in total. The van der Waals surface area contributed by atoms with Crippen LogP contribution in [0.5, 0.6) is 0 Å². The predicted octanol–water partition coefficient (Wildman–Crippen LogP) is 4.98. The van der Waals surface area contributed by atoms with Crippen LogP contribution >= 0.6 is 0 Å². The van der Waals surface area contributed by atoms with Gasteiger partial charge in [0.2, 0.25) is 0 Å². The standard InChI is InChI=1S/C23H39NO/c1-21(2)19-5-7-22(21,3)15-24(14-19)8-6-20-17-9-16-10-18(20)13-23(11-16,12-17)25-4/h16-20H,5-15H2,1-4H3/t16?,17?,18?,19-,20?,22+,23?/m1/s1. The molecule has 2 heteroatoms. The molecule has 1 heterocycles. The first-order valence-electron chi connectivity index (χ1n) is 11.1. The average Bonchev–Trinajstić information content (AvgIpc) is 2.70. The molecule has 5 aliphatic carbocycles. The molecule has 1 saturated heterocycles. The summed E-state index contributed by atoms with van der Waals surface area (Å²) in [5.74, 6) is 4.86. The van der Waals surface area contributed by atoms with E-state index in [9.17, 15) is 0 Å². The Morgan fingerprint density at radius 2 is 1.76 bits per heavy atom. The lowest BCUT2D eigenvalue weighted by atomic mass is 9.49. The van der Waals surface area contributed by atoms with Gasteiger partial charge in [-0.3, -0.25) is 0 Å². The first-order chi connectivity index (χ1) is 11.8. The molecule has 6 rings (SSSR count). The van der Waals surface area contributed by atoms with Gasteiger partial charge < -0.3 is 9.64 Å². The maximum Gasteiger partial charge on any atom is 0.0687 e. The fraction of sp³-hybridized carbons (Fsp3) is 1.00. The molecule has 0 spiro atoms. The molecular weight excluding hydrogens is 306 g/mol. The lowest BCUT2D eigenvalue weighted by Gasteiger charge is -2.60. The molecule has 0 aromatic rings. The van der Waals surface area contributed by atoms with Gasteiger partial charge in [0.05, 0.1) is 5.60 Å². The van der Waals surface area contributed by atoms with E-state index in [0.717, 1.165) is 29.6 Å². The van der Waals surface area contributed by atoms with Crippen molar-refractivity contribution in [2.24, 2.45) is 40.4 Å². The fourth-order valence-corrected chi connectivity index (χ4v) is 8.42. The van der Waals surface area contributed by atoms with Crippen molar-refractivity contribution in [1.82, 2.24) is 4.90 Å². The second-order valence-electron chi connectivity index (χ2n) is 11.6. The third-order valence-electron chi connectivity index (χ3n) is 10.3. The molecular formula is C23H39NO. The van der Waals surface area contributed by atoms with E-state index in [1.165, 1.54) is 71.0 Å². The summed E-state index contributed by atoms with van der Waals surface area (Å²) in [6, 6.07) is 0. The van der Waals surface area contributed by atoms with Gasteiger partial charge in [0.15, 0.2) is 0 Å². The van der Waals surface area contributed by atoms with Gasteiger partial charge in [-0.15, -0.1) is 0 Å². The van der Waals surface area contributed by atoms with Crippen molar-refractivity contribution < 1.29 is 4.74 Å². The highest BCUT2D eigenvalue weighted by atomic mass is 16.5. The molecule has 2 nitrogen and oxygen atoms in total. The van der Waals surface area contributed by atoms with Gasteiger partial charge in [-0.1, -0.05) is 20.8 Å². The quantitative estimate of drug-likeness (QED) is 0.713. The Hall–Kier alpha value is -0.0800. The number of methoxy groups -OCH3 is 1. The highest BCUT2D eigenvalue weighted by Crippen LogP contribution is 2.61. The van der Waals surface area contributed by atoms with Crippen LogP contribution in [0.2, 0.25) is 0 Å². The molecule has 0 aromatic heterocycles. The highest BCUT2D eigenvalue weighted by molar-refractivity contribution is 5.08. The summed E-state index contributed by atoms with van der Waals surface area (Å²) in [5.41, 5.74) is 1.39. The van der Waals surface area contributed by atoms with Crippen LogP contribution in [0.1, 0.15) is 72.1 Å². The first kappa shape index (κ1) is 17.0. The molecule has 2 unspecified atom stereocenters. The second kappa shape index (κ2) is 5.47. The molecule has 25 heavy (non-hydrogen) atoms. The topological polar surface area (TPSA) is 12.5 Å². The minimum atomic E-state index is 0.286. The van der Waals surface area contributed by atoms with Crippen molar-refractivity contribution in [3.8, 4) is 0 Å². The number of nitrogens with zero attached hydrogens (tertiary/aromatic N) is 1. The molecule has 0 amide bonds. The van der Waals surface area contributed by atoms with Crippen molar-refractivity contribution >= 4 is 0 Å². The van der Waals surface area contributed by atoms with Crippen LogP contribution in [0.25, 0.3) is 0 Å². The minimum absolute atomic E-state index is 0.286. The smallest absolute Gasteiger partial charge is 0.0687 e. The lowest BCUT2D eigenvalue weighted by Crippen LogP contribution is -2.56.